The van der Waals surface area contributed by atoms with Crippen LogP contribution in [0.5, 0.6) is 23.1 Å². The zero-order valence-electron chi connectivity index (χ0n) is 17.2. The number of methoxy groups -OCH3 is 2. The van der Waals surface area contributed by atoms with Crippen molar-refractivity contribution in [3.05, 3.63) is 77.9 Å². The van der Waals surface area contributed by atoms with Crippen LogP contribution in [0, 0.1) is 18.3 Å². The summed E-state index contributed by atoms with van der Waals surface area (Å²) in [6.45, 7) is 1.72. The number of esters is 1. The Morgan fingerprint density at radius 1 is 1.03 bits per heavy atom. The highest BCUT2D eigenvalue weighted by Gasteiger charge is 2.22. The maximum absolute atomic E-state index is 12.2. The van der Waals surface area contributed by atoms with Gasteiger partial charge in [0.15, 0.2) is 0 Å². The Morgan fingerprint density at radius 2 is 1.77 bits per heavy atom. The Hall–Kier alpha value is -4.38. The van der Waals surface area contributed by atoms with E-state index in [2.05, 4.69) is 16.0 Å². The van der Waals surface area contributed by atoms with Gasteiger partial charge in [0.2, 0.25) is 5.88 Å². The van der Waals surface area contributed by atoms with Gasteiger partial charge in [-0.25, -0.2) is 14.8 Å². The van der Waals surface area contributed by atoms with Crippen LogP contribution in [0.15, 0.2) is 61.1 Å². The third-order valence-corrected chi connectivity index (χ3v) is 4.17. The highest BCUT2D eigenvalue weighted by atomic mass is 16.5. The van der Waals surface area contributed by atoms with Crippen LogP contribution < -0.4 is 9.47 Å². The van der Waals surface area contributed by atoms with Gasteiger partial charge in [0, 0.05) is 6.07 Å². The van der Waals surface area contributed by atoms with Crippen molar-refractivity contribution >= 4 is 11.5 Å². The monoisotopic (exact) mass is 417 g/mol. The van der Waals surface area contributed by atoms with E-state index in [-0.39, 0.29) is 11.5 Å². The highest BCUT2D eigenvalue weighted by Crippen LogP contribution is 2.33. The van der Waals surface area contributed by atoms with E-state index in [4.69, 9.17) is 18.9 Å². The average molecular weight is 417 g/mol. The molecule has 156 valence electrons. The van der Waals surface area contributed by atoms with Crippen molar-refractivity contribution in [3.63, 3.8) is 0 Å². The first-order valence-electron chi connectivity index (χ1n) is 9.15. The number of nitriles is 1. The molecule has 31 heavy (non-hydrogen) atoms. The summed E-state index contributed by atoms with van der Waals surface area (Å²) in [5, 5.41) is 9.24. The molecule has 0 spiro atoms. The Morgan fingerprint density at radius 3 is 2.48 bits per heavy atom. The van der Waals surface area contributed by atoms with E-state index in [1.807, 2.05) is 0 Å². The lowest BCUT2D eigenvalue weighted by Crippen LogP contribution is -2.09. The van der Waals surface area contributed by atoms with Gasteiger partial charge < -0.3 is 18.9 Å². The Balaban J connectivity index is 1.95. The molecule has 0 saturated carbocycles. The number of aromatic nitrogens is 2. The van der Waals surface area contributed by atoms with Gasteiger partial charge in [-0.3, -0.25) is 0 Å². The molecule has 1 heterocycles. The number of aryl methyl sites for hydroxylation is 1. The molecule has 0 bridgehead atoms. The lowest BCUT2D eigenvalue weighted by molar-refractivity contribution is -0.133. The molecule has 0 amide bonds. The van der Waals surface area contributed by atoms with Crippen LogP contribution in [-0.4, -0.2) is 30.2 Å². The third-order valence-electron chi connectivity index (χ3n) is 4.17. The van der Waals surface area contributed by atoms with Crippen LogP contribution in [0.25, 0.3) is 5.57 Å². The molecule has 0 aliphatic carbocycles. The predicted octanol–water partition coefficient (Wildman–Crippen LogP) is 4.40. The van der Waals surface area contributed by atoms with Crippen LogP contribution in [-0.2, 0) is 14.3 Å². The number of nitrogens with zero attached hydrogens (tertiary/aromatic N) is 3. The second-order valence-corrected chi connectivity index (χ2v) is 6.18. The first kappa shape index (κ1) is 21.3. The van der Waals surface area contributed by atoms with E-state index >= 15 is 0 Å². The van der Waals surface area contributed by atoms with E-state index in [0.717, 1.165) is 0 Å². The van der Waals surface area contributed by atoms with Crippen molar-refractivity contribution in [1.82, 2.24) is 9.97 Å². The fraction of sp³-hybridized carbons (Fsp3) is 0.130. The van der Waals surface area contributed by atoms with E-state index < -0.39 is 5.97 Å². The van der Waals surface area contributed by atoms with Gasteiger partial charge in [-0.2, -0.15) is 5.26 Å². The molecule has 8 heteroatoms. The van der Waals surface area contributed by atoms with Crippen LogP contribution in [0.4, 0.5) is 0 Å². The maximum atomic E-state index is 12.2. The van der Waals surface area contributed by atoms with Crippen molar-refractivity contribution in [1.29, 1.82) is 5.26 Å². The summed E-state index contributed by atoms with van der Waals surface area (Å²) in [5.41, 5.74) is 1.38. The topological polar surface area (TPSA) is 104 Å². The molecule has 0 saturated heterocycles. The highest BCUT2D eigenvalue weighted by molar-refractivity contribution is 6.17. The molecule has 0 aliphatic rings. The molecule has 0 unspecified atom stereocenters. The van der Waals surface area contributed by atoms with E-state index in [1.165, 1.54) is 26.8 Å². The van der Waals surface area contributed by atoms with E-state index in [9.17, 15) is 10.1 Å². The lowest BCUT2D eigenvalue weighted by atomic mass is 10.1. The molecule has 8 nitrogen and oxygen atoms in total. The molecule has 0 radical (unpaired) electrons. The largest absolute Gasteiger partial charge is 0.503 e. The van der Waals surface area contributed by atoms with Gasteiger partial charge in [0.1, 0.15) is 35.2 Å². The fourth-order valence-electron chi connectivity index (χ4n) is 2.76. The summed E-state index contributed by atoms with van der Waals surface area (Å²) >= 11 is 0. The molecule has 1 aromatic heterocycles. The van der Waals surface area contributed by atoms with Crippen molar-refractivity contribution in [3.8, 4) is 29.2 Å². The summed E-state index contributed by atoms with van der Waals surface area (Å²) in [6, 6.07) is 15.8. The smallest absolute Gasteiger partial charge is 0.341 e. The first-order valence-corrected chi connectivity index (χ1v) is 9.15. The van der Waals surface area contributed by atoms with Crippen molar-refractivity contribution in [2.45, 2.75) is 6.92 Å². The number of hydrogen-bond acceptors (Lipinski definition) is 8. The summed E-state index contributed by atoms with van der Waals surface area (Å²) in [5.74, 6) is 0.836. The third kappa shape index (κ3) is 4.97. The van der Waals surface area contributed by atoms with Crippen molar-refractivity contribution in [2.24, 2.45) is 0 Å². The zero-order chi connectivity index (χ0) is 22.2. The number of hydrogen-bond donors (Lipinski definition) is 0. The number of carbonyl (C=O) groups is 1. The summed E-state index contributed by atoms with van der Waals surface area (Å²) < 4.78 is 21.7. The molecule has 0 aliphatic heterocycles. The second-order valence-electron chi connectivity index (χ2n) is 6.18. The Bertz CT molecular complexity index is 1170. The van der Waals surface area contributed by atoms with Gasteiger partial charge >= 0.3 is 5.97 Å². The van der Waals surface area contributed by atoms with Crippen molar-refractivity contribution in [2.75, 3.05) is 14.2 Å². The van der Waals surface area contributed by atoms with Gasteiger partial charge in [-0.1, -0.05) is 18.2 Å². The minimum absolute atomic E-state index is 0.119. The van der Waals surface area contributed by atoms with Crippen LogP contribution >= 0.6 is 0 Å². The number of rotatable bonds is 7. The van der Waals surface area contributed by atoms with Crippen LogP contribution in [0.1, 0.15) is 16.8 Å². The number of ether oxygens (including phenoxy) is 4. The minimum Gasteiger partial charge on any atom is -0.503 e. The Kier molecular flexibility index (Phi) is 6.81. The normalized spacial score (nSPS) is 10.7. The fourth-order valence-corrected chi connectivity index (χ4v) is 2.76. The molecule has 2 aromatic carbocycles. The molecule has 0 fully saturated rings. The SMILES string of the molecule is CO/C=C(\C(=O)OC)c1c(C)ncnc1Oc1cccc(Oc2ccccc2C#N)c1. The van der Waals surface area contributed by atoms with Gasteiger partial charge in [0.05, 0.1) is 37.3 Å². The maximum Gasteiger partial charge on any atom is 0.341 e. The number of carbonyl (C=O) groups excluding carboxylic acids is 1. The Labute approximate surface area is 179 Å². The number of benzene rings is 2. The lowest BCUT2D eigenvalue weighted by Gasteiger charge is -2.14. The molecule has 3 aromatic rings. The van der Waals surface area contributed by atoms with Crippen molar-refractivity contribution < 1.29 is 23.7 Å². The summed E-state index contributed by atoms with van der Waals surface area (Å²) in [6.07, 6.45) is 2.59. The molecular weight excluding hydrogens is 398 g/mol. The molecule has 3 rings (SSSR count). The first-order chi connectivity index (χ1) is 15.1. The summed E-state index contributed by atoms with van der Waals surface area (Å²) in [7, 11) is 2.69. The predicted molar refractivity (Wildman–Crippen MR) is 112 cm³/mol. The summed E-state index contributed by atoms with van der Waals surface area (Å²) in [4.78, 5) is 20.6. The van der Waals surface area contributed by atoms with Crippen LogP contribution in [0.2, 0.25) is 0 Å². The quantitative estimate of drug-likeness (QED) is 0.316. The van der Waals surface area contributed by atoms with Gasteiger partial charge in [-0.05, 0) is 31.2 Å². The van der Waals surface area contributed by atoms with Gasteiger partial charge in [0.25, 0.3) is 0 Å². The molecule has 0 N–H and O–H groups in total. The molecule has 0 atom stereocenters. The standard InChI is InChI=1S/C23H19N3O5/c1-15-21(19(13-28-2)23(27)29-3)22(26-14-25-15)31-18-9-6-8-17(11-18)30-20-10-5-4-7-16(20)12-24/h4-11,13-14H,1-3H3/b19-13-. The average Bonchev–Trinajstić information content (AvgIpc) is 2.78. The van der Waals surface area contributed by atoms with E-state index in [1.54, 1.807) is 55.5 Å². The van der Waals surface area contributed by atoms with Crippen LogP contribution in [0.3, 0.4) is 0 Å². The minimum atomic E-state index is -0.616. The van der Waals surface area contributed by atoms with Gasteiger partial charge in [-0.15, -0.1) is 0 Å². The number of para-hydroxylation sites is 1. The molecular formula is C23H19N3O5. The second kappa shape index (κ2) is 9.89. The van der Waals surface area contributed by atoms with E-state index in [0.29, 0.717) is 34.1 Å². The zero-order valence-corrected chi connectivity index (χ0v) is 17.2.